The third-order valence-corrected chi connectivity index (χ3v) is 2.23. The number of hydrogen-bond acceptors (Lipinski definition) is 3. The van der Waals surface area contributed by atoms with E-state index in [0.29, 0.717) is 0 Å². The molecule has 0 radical (unpaired) electrons. The molecule has 2 rings (SSSR count). The highest BCUT2D eigenvalue weighted by molar-refractivity contribution is 5.82. The van der Waals surface area contributed by atoms with Crippen LogP contribution >= 0.6 is 0 Å². The van der Waals surface area contributed by atoms with Crippen molar-refractivity contribution in [2.75, 3.05) is 0 Å². The van der Waals surface area contributed by atoms with Crippen LogP contribution in [-0.4, -0.2) is 18.1 Å². The maximum Gasteiger partial charge on any atom is 0.0946 e. The van der Waals surface area contributed by atoms with Crippen molar-refractivity contribution < 1.29 is 0 Å². The van der Waals surface area contributed by atoms with Gasteiger partial charge < -0.3 is 5.73 Å². The molecule has 0 fully saturated rings. The summed E-state index contributed by atoms with van der Waals surface area (Å²) in [5.41, 5.74) is 6.72. The molecule has 64 valence electrons. The molecule has 1 unspecified atom stereocenters. The quantitative estimate of drug-likeness (QED) is 0.621. The first-order valence-corrected chi connectivity index (χ1v) is 4.41. The molecule has 2 N–H and O–H groups in total. The fourth-order valence-corrected chi connectivity index (χ4v) is 1.58. The van der Waals surface area contributed by atoms with Gasteiger partial charge in [-0.3, -0.25) is 9.98 Å². The third kappa shape index (κ3) is 1.40. The summed E-state index contributed by atoms with van der Waals surface area (Å²) in [4.78, 5) is 8.64. The number of rotatable bonds is 1. The lowest BCUT2D eigenvalue weighted by atomic mass is 10.1. The van der Waals surface area contributed by atoms with Gasteiger partial charge in [0.05, 0.1) is 17.6 Å². The van der Waals surface area contributed by atoms with E-state index in [-0.39, 0.29) is 6.04 Å². The van der Waals surface area contributed by atoms with E-state index in [4.69, 9.17) is 5.73 Å². The van der Waals surface area contributed by atoms with Gasteiger partial charge in [-0.05, 0) is 19.3 Å². The molecule has 0 aromatic heterocycles. The van der Waals surface area contributed by atoms with Crippen molar-refractivity contribution in [1.82, 2.24) is 0 Å². The van der Waals surface area contributed by atoms with Crippen molar-refractivity contribution in [2.45, 2.75) is 31.7 Å². The zero-order chi connectivity index (χ0) is 8.39. The average molecular weight is 163 g/mol. The zero-order valence-electron chi connectivity index (χ0n) is 7.03. The lowest BCUT2D eigenvalue weighted by Crippen LogP contribution is -2.07. The molecular formula is C9H13N3. The molecule has 0 saturated carbocycles. The average Bonchev–Trinajstić information content (AvgIpc) is 2.54. The van der Waals surface area contributed by atoms with Gasteiger partial charge in [-0.2, -0.15) is 0 Å². The highest BCUT2D eigenvalue weighted by Crippen LogP contribution is 2.22. The van der Waals surface area contributed by atoms with Crippen LogP contribution in [0.15, 0.2) is 21.8 Å². The Balaban J connectivity index is 2.10. The Morgan fingerprint density at radius 3 is 2.92 bits per heavy atom. The van der Waals surface area contributed by atoms with E-state index in [2.05, 4.69) is 16.1 Å². The second-order valence-electron chi connectivity index (χ2n) is 3.19. The maximum atomic E-state index is 5.60. The number of aliphatic imine (C=N–C) groups is 2. The first kappa shape index (κ1) is 7.53. The monoisotopic (exact) mass is 163 g/mol. The van der Waals surface area contributed by atoms with E-state index in [1.165, 1.54) is 0 Å². The van der Waals surface area contributed by atoms with Gasteiger partial charge in [0.15, 0.2) is 0 Å². The van der Waals surface area contributed by atoms with Crippen LogP contribution in [-0.2, 0) is 0 Å². The van der Waals surface area contributed by atoms with Gasteiger partial charge in [0.2, 0.25) is 0 Å². The van der Waals surface area contributed by atoms with Gasteiger partial charge in [-0.25, -0.2) is 0 Å². The van der Waals surface area contributed by atoms with Crippen molar-refractivity contribution in [3.05, 3.63) is 11.8 Å². The van der Waals surface area contributed by atoms with E-state index in [9.17, 15) is 0 Å². The minimum atomic E-state index is 0.251. The summed E-state index contributed by atoms with van der Waals surface area (Å²) >= 11 is 0. The Bertz CT molecular complexity index is 263. The molecule has 3 nitrogen and oxygen atoms in total. The lowest BCUT2D eigenvalue weighted by molar-refractivity contribution is 0.744. The van der Waals surface area contributed by atoms with Crippen LogP contribution in [0.1, 0.15) is 25.7 Å². The molecule has 0 saturated heterocycles. The van der Waals surface area contributed by atoms with E-state index >= 15 is 0 Å². The van der Waals surface area contributed by atoms with Crippen LogP contribution in [0.2, 0.25) is 0 Å². The molecular weight excluding hydrogens is 150 g/mol. The minimum Gasteiger partial charge on any atom is -0.387 e. The van der Waals surface area contributed by atoms with E-state index in [0.717, 1.165) is 37.2 Å². The Hall–Kier alpha value is -1.12. The Morgan fingerprint density at radius 2 is 2.33 bits per heavy atom. The summed E-state index contributed by atoms with van der Waals surface area (Å²) in [6.45, 7) is 0. The van der Waals surface area contributed by atoms with Crippen molar-refractivity contribution in [3.63, 3.8) is 0 Å². The number of allylic oxidation sites excluding steroid dienone is 1. The molecule has 2 aliphatic rings. The molecule has 3 heteroatoms. The SMILES string of the molecule is NC1=NC(C2=CCCC=N2)CC1. The van der Waals surface area contributed by atoms with Crippen LogP contribution < -0.4 is 5.73 Å². The predicted octanol–water partition coefficient (Wildman–Crippen LogP) is 1.25. The maximum absolute atomic E-state index is 5.60. The van der Waals surface area contributed by atoms with Crippen LogP contribution in [0.4, 0.5) is 0 Å². The largest absolute Gasteiger partial charge is 0.387 e. The van der Waals surface area contributed by atoms with Crippen molar-refractivity contribution in [2.24, 2.45) is 15.7 Å². The number of amidine groups is 1. The highest BCUT2D eigenvalue weighted by Gasteiger charge is 2.19. The minimum absolute atomic E-state index is 0.251. The molecule has 0 amide bonds. The van der Waals surface area contributed by atoms with E-state index in [1.807, 2.05) is 6.21 Å². The third-order valence-electron chi connectivity index (χ3n) is 2.23. The highest BCUT2D eigenvalue weighted by atomic mass is 15.0. The van der Waals surface area contributed by atoms with Gasteiger partial charge in [-0.15, -0.1) is 0 Å². The van der Waals surface area contributed by atoms with E-state index in [1.54, 1.807) is 0 Å². The number of hydrogen-bond donors (Lipinski definition) is 1. The van der Waals surface area contributed by atoms with Gasteiger partial charge in [0.1, 0.15) is 0 Å². The fourth-order valence-electron chi connectivity index (χ4n) is 1.58. The number of nitrogens with two attached hydrogens (primary N) is 1. The van der Waals surface area contributed by atoms with Crippen LogP contribution in [0.5, 0.6) is 0 Å². The van der Waals surface area contributed by atoms with Gasteiger partial charge in [0.25, 0.3) is 0 Å². The summed E-state index contributed by atoms with van der Waals surface area (Å²) in [5, 5.41) is 0. The van der Waals surface area contributed by atoms with Crippen molar-refractivity contribution in [3.8, 4) is 0 Å². The molecule has 12 heavy (non-hydrogen) atoms. The Labute approximate surface area is 72.1 Å². The molecule has 1 atom stereocenters. The van der Waals surface area contributed by atoms with Crippen LogP contribution in [0.3, 0.4) is 0 Å². The molecule has 0 aliphatic carbocycles. The molecule has 0 bridgehead atoms. The first-order chi connectivity index (χ1) is 5.86. The van der Waals surface area contributed by atoms with Crippen molar-refractivity contribution in [1.29, 1.82) is 0 Å². The van der Waals surface area contributed by atoms with Crippen molar-refractivity contribution >= 4 is 12.1 Å². The summed E-state index contributed by atoms with van der Waals surface area (Å²) in [5.74, 6) is 0.779. The second kappa shape index (κ2) is 3.09. The Kier molecular flexibility index (Phi) is 1.94. The van der Waals surface area contributed by atoms with Gasteiger partial charge in [0, 0.05) is 12.6 Å². The number of nitrogens with zero attached hydrogens (tertiary/aromatic N) is 2. The normalized spacial score (nSPS) is 28.5. The summed E-state index contributed by atoms with van der Waals surface area (Å²) in [7, 11) is 0. The van der Waals surface area contributed by atoms with Gasteiger partial charge >= 0.3 is 0 Å². The fraction of sp³-hybridized carbons (Fsp3) is 0.556. The standard InChI is InChI=1S/C9H13N3/c10-9-5-4-8(12-9)7-3-1-2-6-11-7/h3,6,8H,1-2,4-5H2,(H2,10,12). The molecule has 2 aliphatic heterocycles. The molecule has 2 heterocycles. The topological polar surface area (TPSA) is 50.7 Å². The van der Waals surface area contributed by atoms with Gasteiger partial charge in [-0.1, -0.05) is 6.08 Å². The lowest BCUT2D eigenvalue weighted by Gasteiger charge is -2.09. The second-order valence-corrected chi connectivity index (χ2v) is 3.19. The van der Waals surface area contributed by atoms with E-state index < -0.39 is 0 Å². The van der Waals surface area contributed by atoms with Crippen LogP contribution in [0.25, 0.3) is 0 Å². The molecule has 0 spiro atoms. The summed E-state index contributed by atoms with van der Waals surface area (Å²) in [6, 6.07) is 0.251. The molecule has 0 aromatic rings. The Morgan fingerprint density at radius 1 is 1.42 bits per heavy atom. The summed E-state index contributed by atoms with van der Waals surface area (Å²) in [6.07, 6.45) is 8.28. The zero-order valence-corrected chi connectivity index (χ0v) is 7.03. The van der Waals surface area contributed by atoms with Crippen LogP contribution in [0, 0.1) is 0 Å². The predicted molar refractivity (Wildman–Crippen MR) is 50.5 cm³/mol. The smallest absolute Gasteiger partial charge is 0.0946 e. The first-order valence-electron chi connectivity index (χ1n) is 4.41. The molecule has 0 aromatic carbocycles. The summed E-state index contributed by atoms with van der Waals surface area (Å²) < 4.78 is 0.